The number of benzene rings is 1. The number of aryl methyl sites for hydroxylation is 2. The first-order valence-electron chi connectivity index (χ1n) is 10.7. The lowest BCUT2D eigenvalue weighted by Crippen LogP contribution is -1.96. The van der Waals surface area contributed by atoms with Crippen molar-refractivity contribution < 1.29 is 5.11 Å². The largest absolute Gasteiger partial charge is 0.398 e. The maximum absolute atomic E-state index is 8.77. The molecule has 4 nitrogen and oxygen atoms in total. The molecule has 150 valence electrons. The number of nitrogens with zero attached hydrogens (tertiary/aromatic N) is 2. The molecule has 3 N–H and O–H groups in total. The normalized spacial score (nSPS) is 11.5. The van der Waals surface area contributed by atoms with Crippen molar-refractivity contribution >= 4 is 27.5 Å². The molecule has 0 aliphatic carbocycles. The zero-order valence-electron chi connectivity index (χ0n) is 17.1. The summed E-state index contributed by atoms with van der Waals surface area (Å²) in [4.78, 5) is 9.44. The summed E-state index contributed by atoms with van der Waals surface area (Å²) in [5, 5.41) is 10.9. The molecular weight excluding hydrogens is 346 g/mol. The highest BCUT2D eigenvalue weighted by molar-refractivity contribution is 6.10. The number of aliphatic hydroxyl groups excluding tert-OH is 1. The SMILES string of the molecule is Cc1ccc(N)c2c1ncc1nc(CCCCCCCCCCCO)ccc12. The van der Waals surface area contributed by atoms with Gasteiger partial charge >= 0.3 is 0 Å². The predicted octanol–water partition coefficient (Wildman–Crippen LogP) is 5.72. The van der Waals surface area contributed by atoms with Crippen LogP contribution in [0.2, 0.25) is 0 Å². The van der Waals surface area contributed by atoms with Gasteiger partial charge in [-0.25, -0.2) is 0 Å². The van der Waals surface area contributed by atoms with Crippen LogP contribution in [-0.4, -0.2) is 21.7 Å². The molecule has 0 aliphatic heterocycles. The number of pyridine rings is 2. The molecular formula is C24H33N3O. The van der Waals surface area contributed by atoms with Gasteiger partial charge < -0.3 is 10.8 Å². The summed E-state index contributed by atoms with van der Waals surface area (Å²) >= 11 is 0. The van der Waals surface area contributed by atoms with Crippen molar-refractivity contribution in [1.82, 2.24) is 9.97 Å². The molecule has 2 aromatic heterocycles. The quantitative estimate of drug-likeness (QED) is 0.254. The van der Waals surface area contributed by atoms with Crippen molar-refractivity contribution in [2.45, 2.75) is 71.1 Å². The molecule has 0 saturated heterocycles. The second-order valence-corrected chi connectivity index (χ2v) is 7.84. The van der Waals surface area contributed by atoms with E-state index in [1.54, 1.807) is 0 Å². The average molecular weight is 380 g/mol. The number of anilines is 1. The van der Waals surface area contributed by atoms with Crippen LogP contribution >= 0.6 is 0 Å². The molecule has 2 heterocycles. The molecule has 3 aromatic rings. The Morgan fingerprint density at radius 2 is 1.54 bits per heavy atom. The minimum Gasteiger partial charge on any atom is -0.398 e. The van der Waals surface area contributed by atoms with Gasteiger partial charge in [0.1, 0.15) is 0 Å². The molecule has 0 unspecified atom stereocenters. The molecule has 0 fully saturated rings. The topological polar surface area (TPSA) is 72.0 Å². The Kier molecular flexibility index (Phi) is 7.61. The van der Waals surface area contributed by atoms with Gasteiger partial charge in [0.2, 0.25) is 0 Å². The van der Waals surface area contributed by atoms with Crippen LogP contribution in [-0.2, 0) is 6.42 Å². The third-order valence-corrected chi connectivity index (χ3v) is 5.57. The number of hydrogen-bond acceptors (Lipinski definition) is 4. The third-order valence-electron chi connectivity index (χ3n) is 5.57. The van der Waals surface area contributed by atoms with Crippen LogP contribution < -0.4 is 5.73 Å². The number of rotatable bonds is 11. The number of nitrogens with two attached hydrogens (primary N) is 1. The van der Waals surface area contributed by atoms with Crippen LogP contribution in [0.5, 0.6) is 0 Å². The van der Waals surface area contributed by atoms with Crippen molar-refractivity contribution in [3.63, 3.8) is 0 Å². The number of unbranched alkanes of at least 4 members (excludes halogenated alkanes) is 8. The zero-order valence-corrected chi connectivity index (χ0v) is 17.1. The van der Waals surface area contributed by atoms with E-state index in [1.165, 1.54) is 51.4 Å². The monoisotopic (exact) mass is 379 g/mol. The summed E-state index contributed by atoms with van der Waals surface area (Å²) in [5.74, 6) is 0. The van der Waals surface area contributed by atoms with Crippen LogP contribution in [0.25, 0.3) is 21.8 Å². The zero-order chi connectivity index (χ0) is 19.8. The molecule has 0 saturated carbocycles. The van der Waals surface area contributed by atoms with Gasteiger partial charge in [0.05, 0.1) is 17.2 Å². The van der Waals surface area contributed by atoms with Gasteiger partial charge in [0.15, 0.2) is 0 Å². The van der Waals surface area contributed by atoms with Gasteiger partial charge in [-0.1, -0.05) is 57.1 Å². The summed E-state index contributed by atoms with van der Waals surface area (Å²) in [6, 6.07) is 8.28. The van der Waals surface area contributed by atoms with E-state index in [1.807, 2.05) is 18.3 Å². The van der Waals surface area contributed by atoms with Gasteiger partial charge in [0.25, 0.3) is 0 Å². The Hall–Kier alpha value is -2.20. The Balaban J connectivity index is 1.50. The van der Waals surface area contributed by atoms with Crippen molar-refractivity contribution in [2.24, 2.45) is 0 Å². The highest BCUT2D eigenvalue weighted by atomic mass is 16.2. The van der Waals surface area contributed by atoms with Gasteiger partial charge in [-0.05, 0) is 43.9 Å². The molecule has 0 atom stereocenters. The van der Waals surface area contributed by atoms with Crippen molar-refractivity contribution in [2.75, 3.05) is 12.3 Å². The lowest BCUT2D eigenvalue weighted by molar-refractivity contribution is 0.282. The first-order valence-corrected chi connectivity index (χ1v) is 10.7. The summed E-state index contributed by atoms with van der Waals surface area (Å²) < 4.78 is 0. The van der Waals surface area contributed by atoms with Gasteiger partial charge in [0, 0.05) is 28.8 Å². The fourth-order valence-corrected chi connectivity index (χ4v) is 3.91. The Morgan fingerprint density at radius 1 is 0.857 bits per heavy atom. The van der Waals surface area contributed by atoms with E-state index in [-0.39, 0.29) is 0 Å². The van der Waals surface area contributed by atoms with E-state index < -0.39 is 0 Å². The maximum atomic E-state index is 8.77. The van der Waals surface area contributed by atoms with E-state index in [0.29, 0.717) is 6.61 Å². The fraction of sp³-hybridized carbons (Fsp3) is 0.500. The van der Waals surface area contributed by atoms with Crippen LogP contribution in [0.3, 0.4) is 0 Å². The van der Waals surface area contributed by atoms with Crippen LogP contribution in [0.4, 0.5) is 5.69 Å². The molecule has 0 radical (unpaired) electrons. The summed E-state index contributed by atoms with van der Waals surface area (Å²) in [7, 11) is 0. The highest BCUT2D eigenvalue weighted by Crippen LogP contribution is 2.29. The van der Waals surface area contributed by atoms with E-state index >= 15 is 0 Å². The Labute approximate surface area is 168 Å². The number of aromatic nitrogens is 2. The van der Waals surface area contributed by atoms with E-state index in [9.17, 15) is 0 Å². The van der Waals surface area contributed by atoms with Crippen LogP contribution in [0.1, 0.15) is 69.0 Å². The third kappa shape index (κ3) is 5.20. The molecule has 28 heavy (non-hydrogen) atoms. The number of hydrogen-bond donors (Lipinski definition) is 2. The van der Waals surface area contributed by atoms with E-state index in [2.05, 4.69) is 24.0 Å². The molecule has 0 spiro atoms. The van der Waals surface area contributed by atoms with E-state index in [4.69, 9.17) is 15.8 Å². The van der Waals surface area contributed by atoms with E-state index in [0.717, 1.165) is 51.6 Å². The van der Waals surface area contributed by atoms with Crippen molar-refractivity contribution in [1.29, 1.82) is 0 Å². The summed E-state index contributed by atoms with van der Waals surface area (Å²) in [6.45, 7) is 2.40. The van der Waals surface area contributed by atoms with Crippen LogP contribution in [0.15, 0.2) is 30.5 Å². The van der Waals surface area contributed by atoms with Crippen molar-refractivity contribution in [3.8, 4) is 0 Å². The Morgan fingerprint density at radius 3 is 2.25 bits per heavy atom. The molecule has 0 bridgehead atoms. The minimum absolute atomic E-state index is 0.335. The molecule has 3 rings (SSSR count). The summed E-state index contributed by atoms with van der Waals surface area (Å²) in [5.41, 5.74) is 11.2. The van der Waals surface area contributed by atoms with Gasteiger partial charge in [-0.15, -0.1) is 0 Å². The van der Waals surface area contributed by atoms with Gasteiger partial charge in [-0.3, -0.25) is 9.97 Å². The molecule has 0 aliphatic rings. The first-order chi connectivity index (χ1) is 13.7. The molecule has 4 heteroatoms. The molecule has 0 amide bonds. The van der Waals surface area contributed by atoms with Crippen LogP contribution in [0, 0.1) is 6.92 Å². The second kappa shape index (κ2) is 10.4. The highest BCUT2D eigenvalue weighted by Gasteiger charge is 2.09. The minimum atomic E-state index is 0.335. The summed E-state index contributed by atoms with van der Waals surface area (Å²) in [6.07, 6.45) is 14.0. The lowest BCUT2D eigenvalue weighted by Gasteiger charge is -2.09. The maximum Gasteiger partial charge on any atom is 0.0895 e. The predicted molar refractivity (Wildman–Crippen MR) is 119 cm³/mol. The Bertz CT molecular complexity index is 907. The smallest absolute Gasteiger partial charge is 0.0895 e. The number of aliphatic hydroxyl groups is 1. The number of nitrogen functional groups attached to an aromatic ring is 1. The standard InChI is InChI=1S/C24H33N3O/c1-18-12-15-21(25)23-20-14-13-19(27-22(20)17-26-24(18)23)11-9-7-5-3-2-4-6-8-10-16-28/h12-15,17,28H,2-11,16,25H2,1H3. The second-order valence-electron chi connectivity index (χ2n) is 7.84. The van der Waals surface area contributed by atoms with Crippen molar-refractivity contribution in [3.05, 3.63) is 41.7 Å². The molecule has 1 aromatic carbocycles. The number of fused-ring (bicyclic) bond motifs is 3. The average Bonchev–Trinajstić information content (AvgIpc) is 2.71. The van der Waals surface area contributed by atoms with Gasteiger partial charge in [-0.2, -0.15) is 0 Å². The fourth-order valence-electron chi connectivity index (χ4n) is 3.91. The first kappa shape index (κ1) is 20.5. The lowest BCUT2D eigenvalue weighted by atomic mass is 10.0.